The van der Waals surface area contributed by atoms with Crippen LogP contribution in [-0.2, 0) is 133 Å². The van der Waals surface area contributed by atoms with Gasteiger partial charge in [-0.15, -0.1) is 0 Å². The summed E-state index contributed by atoms with van der Waals surface area (Å²) in [5, 5.41) is 35.1. The maximum absolute atomic E-state index is 13.4. The molecule has 0 saturated heterocycles. The fourth-order valence-corrected chi connectivity index (χ4v) is 15.2. The number of rotatable bonds is 37. The van der Waals surface area contributed by atoms with E-state index in [1.807, 2.05) is 214 Å². The molecule has 6 N–H and O–H groups in total. The largest absolute Gasteiger partial charge is 0.480 e. The number of amides is 3. The molecule has 3 aliphatic heterocycles. The highest BCUT2D eigenvalue weighted by Gasteiger charge is 2.37. The van der Waals surface area contributed by atoms with Gasteiger partial charge >= 0.3 is 35.8 Å². The van der Waals surface area contributed by atoms with Gasteiger partial charge in [0.15, 0.2) is 6.10 Å². The number of nitro benzene ring substituents is 1. The predicted octanol–water partition coefficient (Wildman–Crippen LogP) is 15.3. The summed E-state index contributed by atoms with van der Waals surface area (Å²) < 4.78 is 24.8. The normalized spacial score (nSPS) is 14.7. The van der Waals surface area contributed by atoms with E-state index < -0.39 is 77.4 Å². The van der Waals surface area contributed by atoms with E-state index in [4.69, 9.17) is 35.4 Å². The number of anilines is 3. The maximum atomic E-state index is 13.4. The van der Waals surface area contributed by atoms with Gasteiger partial charge in [0.05, 0.1) is 75.1 Å². The van der Waals surface area contributed by atoms with Crippen molar-refractivity contribution in [3.63, 3.8) is 0 Å². The van der Waals surface area contributed by atoms with E-state index in [1.165, 1.54) is 53.5 Å². The van der Waals surface area contributed by atoms with Crippen LogP contribution < -0.4 is 31.1 Å². The summed E-state index contributed by atoms with van der Waals surface area (Å²) in [4.78, 5) is 168. The highest BCUT2D eigenvalue weighted by atomic mass is 35.7. The molecule has 730 valence electrons. The topological polar surface area (TPSA) is 411 Å². The van der Waals surface area contributed by atoms with Crippen molar-refractivity contribution in [2.24, 2.45) is 11.7 Å². The van der Waals surface area contributed by atoms with Gasteiger partial charge in [-0.1, -0.05) is 213 Å². The Kier molecular flexibility index (Phi) is 51.3. The number of nitro groups is 1. The molecule has 0 radical (unpaired) electrons. The third-order valence-corrected chi connectivity index (χ3v) is 22.5. The number of carboxylic acid groups (broad SMARTS) is 1. The van der Waals surface area contributed by atoms with Crippen LogP contribution in [0, 0.1) is 16.0 Å². The number of fused-ring (bicyclic) bond motifs is 3. The smallest absolute Gasteiger partial charge is 0.374 e. The number of halogens is 1. The predicted molar refractivity (Wildman–Crippen MR) is 528 cm³/mol. The lowest BCUT2D eigenvalue weighted by molar-refractivity contribution is -0.384. The number of non-ortho nitro benzene ring substituents is 1. The van der Waals surface area contributed by atoms with Crippen LogP contribution in [0.25, 0.3) is 0 Å². The average Bonchev–Trinajstić information content (AvgIpc) is 1.68. The van der Waals surface area contributed by atoms with E-state index in [0.717, 1.165) is 69.6 Å². The number of nitrogens with one attached hydrogen (secondary N) is 2. The number of nitrogens with zero attached hydrogens (tertiary/aromatic N) is 4. The lowest BCUT2D eigenvalue weighted by atomic mass is 10.0. The van der Waals surface area contributed by atoms with Gasteiger partial charge in [0.25, 0.3) is 5.69 Å². The standard InChI is InChI=1S/C25H30N2O4.C24H28N2O5.C13H16N2O2.C13H18O2.C12H16O3.C12H14O3.C7H4ClNO3S/c1-3-31-25(30)22(15-13-19-9-5-4-6-10-19)26-21-16-14-20-11-7-8-12-23(20)27(24(21)29)17-18(2)28;1-2-31-24(30)20(14-12-17-8-4-3-5-9-17)25-19-15-13-18-10-6-7-11-21(18)26(23(19)29)16-22(27)28;1-9(16)8-15-12-5-3-2-4-10(12)6-7-11(14)13(15)17;1-3-15-13(14)11(2)9-10-12-7-5-4-6-8-12;2*1-2-15-12(14)11(13)9-8-10-6-4-3-5-7-10;8-13-7(10)5-1-3-6(4-2-5)9(11)12/h4-12,21-22,26H,3,13-17H2,1-2H3;3-11,19-20,25H,2,12-16H2,1H3,(H,27,28);2-5,11H,6-8,14H2,1H3;4-8,11H,3,9-10H2,1-2H3;3-7,11,13H,2,8-9H2,1H3;3-7H,2,8-9H2,1H3;1-4H/t21-,22-;19-,20-;3*11-;;/m00000../s1. The van der Waals surface area contributed by atoms with Gasteiger partial charge in [0, 0.05) is 52.2 Å². The second-order valence-corrected chi connectivity index (χ2v) is 33.0. The summed E-state index contributed by atoms with van der Waals surface area (Å²) in [5.41, 5.74) is 17.0. The van der Waals surface area contributed by atoms with Crippen LogP contribution in [-0.4, -0.2) is 180 Å². The Morgan fingerprint density at radius 1 is 0.438 bits per heavy atom. The Morgan fingerprint density at radius 3 is 1.13 bits per heavy atom. The van der Waals surface area contributed by atoms with Crippen molar-refractivity contribution >= 4 is 120 Å². The second-order valence-electron chi connectivity index (χ2n) is 32.0. The number of carbonyl (C=O) groups is 13. The lowest BCUT2D eigenvalue weighted by Crippen LogP contribution is -2.53. The molecule has 0 bridgehead atoms. The minimum atomic E-state index is -1.09. The number of ketones is 3. The van der Waals surface area contributed by atoms with Gasteiger partial charge in [-0.05, 0) is 230 Å². The zero-order valence-corrected chi connectivity index (χ0v) is 80.5. The van der Waals surface area contributed by atoms with Gasteiger partial charge in [0.2, 0.25) is 28.6 Å². The monoisotopic (exact) mass is 1920 g/mol. The van der Waals surface area contributed by atoms with Crippen molar-refractivity contribution in [2.45, 2.75) is 194 Å². The number of nitrogens with two attached hydrogens (primary N) is 1. The Bertz CT molecular complexity index is 5100. The molecule has 0 fully saturated rings. The molecule has 137 heavy (non-hydrogen) atoms. The molecular formula is C106H126ClN7O22S. The van der Waals surface area contributed by atoms with Gasteiger partial charge < -0.3 is 49.4 Å². The fourth-order valence-electron chi connectivity index (χ4n) is 14.7. The van der Waals surface area contributed by atoms with Crippen molar-refractivity contribution in [1.29, 1.82) is 0 Å². The number of benzene rings is 9. The summed E-state index contributed by atoms with van der Waals surface area (Å²) in [7, 11) is 5.78. The van der Waals surface area contributed by atoms with E-state index in [0.29, 0.717) is 112 Å². The Labute approximate surface area is 809 Å². The molecule has 3 amide bonds. The van der Waals surface area contributed by atoms with Crippen molar-refractivity contribution in [3.05, 3.63) is 309 Å². The molecule has 12 rings (SSSR count). The second kappa shape index (κ2) is 62.4. The number of hydrogen-bond acceptors (Lipinski definition) is 25. The zero-order valence-electron chi connectivity index (χ0n) is 78.9. The SMILES string of the molecule is CC(=O)CN1C(=O)[C@@H](N)CCc2ccccc21.CCOC(=O)C(=O)CCc1ccccc1.CCOC(=O)[C@@H](C)CCc1ccccc1.CCOC(=O)[C@@H](O)CCc1ccccc1.CCOC(=O)[C@H](CCc1ccccc1)N[C@H]1CCc2ccccc2N(CC(=O)O)C1=O.CCOC(=O)[C@H](CCc1ccccc1)N[C@H]1CCc2ccccc2N(CC(C)=O)C1=O.O=C(SCl)c1ccc([N+](=O)[O-])cc1. The Hall–Kier alpha value is -13.2. The molecule has 0 aliphatic carbocycles. The highest BCUT2D eigenvalue weighted by Crippen LogP contribution is 2.31. The highest BCUT2D eigenvalue weighted by molar-refractivity contribution is 8.33. The molecule has 3 heterocycles. The van der Waals surface area contributed by atoms with E-state index in [9.17, 15) is 82.7 Å². The molecule has 9 aromatic carbocycles. The minimum Gasteiger partial charge on any atom is -0.480 e. The third-order valence-electron chi connectivity index (χ3n) is 21.7. The lowest BCUT2D eigenvalue weighted by Gasteiger charge is -2.27. The summed E-state index contributed by atoms with van der Waals surface area (Å²) in [6.45, 7) is 14.9. The van der Waals surface area contributed by atoms with Crippen LogP contribution in [0.3, 0.4) is 0 Å². The van der Waals surface area contributed by atoms with Crippen molar-refractivity contribution in [3.8, 4) is 0 Å². The minimum absolute atomic E-state index is 0.00911. The van der Waals surface area contributed by atoms with Crippen LogP contribution in [0.15, 0.2) is 249 Å². The number of carboxylic acids is 1. The molecule has 0 saturated carbocycles. The van der Waals surface area contributed by atoms with Gasteiger partial charge in [-0.2, -0.15) is 0 Å². The first-order valence-electron chi connectivity index (χ1n) is 45.9. The molecule has 0 unspecified atom stereocenters. The number of Topliss-reactive ketones (excluding diaryl/α,β-unsaturated/α-hetero) is 3. The van der Waals surface area contributed by atoms with Crippen LogP contribution in [0.4, 0.5) is 22.7 Å². The number of aryl methyl sites for hydroxylation is 8. The maximum Gasteiger partial charge on any atom is 0.374 e. The molecule has 7 atom stereocenters. The van der Waals surface area contributed by atoms with E-state index in [-0.39, 0.29) is 97.3 Å². The fraction of sp³-hybridized carbons (Fsp3) is 0.368. The molecule has 9 aromatic rings. The molecule has 31 heteroatoms. The van der Waals surface area contributed by atoms with Crippen LogP contribution >= 0.6 is 21.7 Å². The molecule has 29 nitrogen and oxygen atoms in total. The summed E-state index contributed by atoms with van der Waals surface area (Å²) >= 11 is 0. The number of esters is 5. The Balaban J connectivity index is 0.000000253. The first-order chi connectivity index (χ1) is 65.9. The number of aliphatic carboxylic acids is 1. The zero-order chi connectivity index (χ0) is 100.0. The van der Waals surface area contributed by atoms with Crippen molar-refractivity contribution in [1.82, 2.24) is 10.6 Å². The van der Waals surface area contributed by atoms with E-state index in [2.05, 4.69) is 27.5 Å². The van der Waals surface area contributed by atoms with Crippen molar-refractivity contribution in [2.75, 3.05) is 67.4 Å². The van der Waals surface area contributed by atoms with Gasteiger partial charge in [-0.25, -0.2) is 9.59 Å². The van der Waals surface area contributed by atoms with Crippen molar-refractivity contribution < 1.29 is 101 Å². The summed E-state index contributed by atoms with van der Waals surface area (Å²) in [6.07, 6.45) is 8.68. The van der Waals surface area contributed by atoms with Crippen LogP contribution in [0.1, 0.15) is 162 Å². The van der Waals surface area contributed by atoms with E-state index in [1.54, 1.807) is 44.7 Å². The molecule has 3 aliphatic rings. The number of ether oxygens (including phenoxy) is 5. The number of para-hydroxylation sites is 3. The van der Waals surface area contributed by atoms with Gasteiger partial charge in [0.1, 0.15) is 30.2 Å². The van der Waals surface area contributed by atoms with Gasteiger partial charge in [-0.3, -0.25) is 78.4 Å². The summed E-state index contributed by atoms with van der Waals surface area (Å²) in [6, 6.07) is 74.1. The number of carbonyl (C=O) groups excluding carboxylic acids is 12. The van der Waals surface area contributed by atoms with Crippen LogP contribution in [0.5, 0.6) is 0 Å². The molecular weight excluding hydrogens is 1790 g/mol. The molecule has 0 spiro atoms. The molecule has 0 aromatic heterocycles. The Morgan fingerprint density at radius 2 is 0.766 bits per heavy atom. The first-order valence-corrected chi connectivity index (χ1v) is 47.6. The summed E-state index contributed by atoms with van der Waals surface area (Å²) in [5.74, 6) is -4.49. The van der Waals surface area contributed by atoms with Crippen LogP contribution in [0.2, 0.25) is 0 Å². The number of hydrogen-bond donors (Lipinski definition) is 5. The number of aliphatic hydroxyl groups is 1. The van der Waals surface area contributed by atoms with E-state index >= 15 is 0 Å². The quantitative estimate of drug-likeness (QED) is 0.00793. The first kappa shape index (κ1) is 113. The third kappa shape index (κ3) is 40.3. The average molecular weight is 1920 g/mol. The number of aliphatic hydroxyl groups excluding tert-OH is 1.